The van der Waals surface area contributed by atoms with Crippen molar-refractivity contribution in [2.75, 3.05) is 31.1 Å². The summed E-state index contributed by atoms with van der Waals surface area (Å²) in [7, 11) is 0. The summed E-state index contributed by atoms with van der Waals surface area (Å²) < 4.78 is 26.7. The highest BCUT2D eigenvalue weighted by molar-refractivity contribution is 5.94. The molecule has 7 nitrogen and oxygen atoms in total. The number of aromatic nitrogens is 1. The first kappa shape index (κ1) is 18.3. The molecular weight excluding hydrogens is 358 g/mol. The third-order valence-corrected chi connectivity index (χ3v) is 4.06. The number of anilines is 1. The molecule has 0 radical (unpaired) electrons. The summed E-state index contributed by atoms with van der Waals surface area (Å²) in [6.07, 6.45) is 1.47. The number of carbonyl (C=O) groups is 1. The molecule has 1 aromatic carbocycles. The molecule has 1 fully saturated rings. The molecule has 0 bridgehead atoms. The predicted octanol–water partition coefficient (Wildman–Crippen LogP) is 1.97. The Hall–Kier alpha value is -3.54. The molecule has 27 heavy (non-hydrogen) atoms. The number of pyridine rings is 1. The van der Waals surface area contributed by atoms with E-state index in [-0.39, 0.29) is 30.2 Å². The van der Waals surface area contributed by atoms with Crippen LogP contribution in [0.2, 0.25) is 0 Å². The van der Waals surface area contributed by atoms with Crippen LogP contribution in [0.1, 0.15) is 5.56 Å². The Morgan fingerprint density at radius 3 is 2.63 bits per heavy atom. The van der Waals surface area contributed by atoms with E-state index in [1.165, 1.54) is 23.2 Å². The summed E-state index contributed by atoms with van der Waals surface area (Å²) in [5, 5.41) is 11.1. The zero-order valence-corrected chi connectivity index (χ0v) is 14.1. The van der Waals surface area contributed by atoms with Crippen molar-refractivity contribution < 1.29 is 18.5 Å². The van der Waals surface area contributed by atoms with Crippen LogP contribution in [0.15, 0.2) is 36.5 Å². The van der Waals surface area contributed by atoms with E-state index >= 15 is 0 Å². The summed E-state index contributed by atoms with van der Waals surface area (Å²) in [5.74, 6) is 3.04. The Kier molecular flexibility index (Phi) is 5.26. The quantitative estimate of drug-likeness (QED) is 0.457. The molecule has 1 aromatic heterocycles. The van der Waals surface area contributed by atoms with Gasteiger partial charge >= 0.3 is 5.69 Å². The zero-order chi connectivity index (χ0) is 19.4. The summed E-state index contributed by atoms with van der Waals surface area (Å²) in [5.41, 5.74) is -0.287. The third kappa shape index (κ3) is 4.17. The summed E-state index contributed by atoms with van der Waals surface area (Å²) in [6, 6.07) is 5.70. The van der Waals surface area contributed by atoms with Crippen molar-refractivity contribution >= 4 is 17.4 Å². The van der Waals surface area contributed by atoms with Crippen LogP contribution in [-0.4, -0.2) is 46.9 Å². The first-order valence-corrected chi connectivity index (χ1v) is 8.06. The molecule has 0 unspecified atom stereocenters. The van der Waals surface area contributed by atoms with Crippen LogP contribution in [-0.2, 0) is 4.79 Å². The smallest absolute Gasteiger partial charge is 0.311 e. The molecule has 0 spiro atoms. The maximum Gasteiger partial charge on any atom is 0.311 e. The summed E-state index contributed by atoms with van der Waals surface area (Å²) >= 11 is 0. The van der Waals surface area contributed by atoms with E-state index in [1.54, 1.807) is 4.90 Å². The van der Waals surface area contributed by atoms with Crippen molar-refractivity contribution in [3.8, 4) is 11.8 Å². The molecular formula is C18H14F2N4O3. The maximum atomic E-state index is 13.5. The van der Waals surface area contributed by atoms with Gasteiger partial charge in [0.15, 0.2) is 0 Å². The number of hydrogen-bond donors (Lipinski definition) is 0. The van der Waals surface area contributed by atoms with Gasteiger partial charge in [0.05, 0.1) is 10.5 Å². The number of carbonyl (C=O) groups excluding carboxylic acids is 1. The van der Waals surface area contributed by atoms with E-state index in [0.29, 0.717) is 13.1 Å². The van der Waals surface area contributed by atoms with E-state index in [0.717, 1.165) is 18.2 Å². The van der Waals surface area contributed by atoms with Crippen molar-refractivity contribution in [2.24, 2.45) is 0 Å². The van der Waals surface area contributed by atoms with Gasteiger partial charge in [-0.1, -0.05) is 5.92 Å². The summed E-state index contributed by atoms with van der Waals surface area (Å²) in [4.78, 5) is 30.0. The lowest BCUT2D eigenvalue weighted by Crippen LogP contribution is -2.48. The van der Waals surface area contributed by atoms with E-state index in [1.807, 2.05) is 0 Å². The first-order chi connectivity index (χ1) is 13.0. The normalized spacial score (nSPS) is 13.7. The number of rotatable bonds is 2. The minimum Gasteiger partial charge on any atom is -0.347 e. The Labute approximate surface area is 153 Å². The van der Waals surface area contributed by atoms with Gasteiger partial charge in [0.25, 0.3) is 5.91 Å². The van der Waals surface area contributed by atoms with Gasteiger partial charge < -0.3 is 9.80 Å². The minimum absolute atomic E-state index is 0.0985. The van der Waals surface area contributed by atoms with Gasteiger partial charge in [-0.15, -0.1) is 0 Å². The lowest BCUT2D eigenvalue weighted by Gasteiger charge is -2.34. The highest BCUT2D eigenvalue weighted by atomic mass is 19.1. The topological polar surface area (TPSA) is 79.6 Å². The molecule has 1 aliphatic heterocycles. The van der Waals surface area contributed by atoms with Gasteiger partial charge in [0, 0.05) is 44.4 Å². The molecule has 1 aliphatic rings. The minimum atomic E-state index is -0.705. The number of amides is 1. The fourth-order valence-electron chi connectivity index (χ4n) is 2.69. The van der Waals surface area contributed by atoms with E-state index in [2.05, 4.69) is 16.8 Å². The monoisotopic (exact) mass is 372 g/mol. The lowest BCUT2D eigenvalue weighted by atomic mass is 10.2. The van der Waals surface area contributed by atoms with Crippen LogP contribution >= 0.6 is 0 Å². The number of piperazine rings is 1. The van der Waals surface area contributed by atoms with E-state index in [4.69, 9.17) is 0 Å². The maximum absolute atomic E-state index is 13.5. The average Bonchev–Trinajstić information content (AvgIpc) is 2.68. The molecule has 138 valence electrons. The van der Waals surface area contributed by atoms with Crippen molar-refractivity contribution in [3.63, 3.8) is 0 Å². The van der Waals surface area contributed by atoms with Gasteiger partial charge in [-0.05, 0) is 24.3 Å². The third-order valence-electron chi connectivity index (χ3n) is 4.06. The predicted molar refractivity (Wildman–Crippen MR) is 92.9 cm³/mol. The molecule has 2 heterocycles. The van der Waals surface area contributed by atoms with Gasteiger partial charge in [0.1, 0.15) is 11.6 Å². The molecule has 0 aliphatic carbocycles. The fourth-order valence-corrected chi connectivity index (χ4v) is 2.69. The van der Waals surface area contributed by atoms with Crippen molar-refractivity contribution in [1.82, 2.24) is 9.88 Å². The van der Waals surface area contributed by atoms with E-state index < -0.39 is 22.5 Å². The SMILES string of the molecule is O=C(C#Cc1cc(F)ccc1F)N1CCN(c2ncccc2[N+](=O)[O-])CC1. The Balaban J connectivity index is 1.66. The van der Waals surface area contributed by atoms with Crippen molar-refractivity contribution in [1.29, 1.82) is 0 Å². The molecule has 1 amide bonds. The van der Waals surface area contributed by atoms with Gasteiger partial charge in [-0.3, -0.25) is 14.9 Å². The van der Waals surface area contributed by atoms with Crippen LogP contribution in [0.5, 0.6) is 0 Å². The van der Waals surface area contributed by atoms with Crippen LogP contribution < -0.4 is 4.90 Å². The van der Waals surface area contributed by atoms with Gasteiger partial charge in [-0.2, -0.15) is 0 Å². The number of hydrogen-bond acceptors (Lipinski definition) is 5. The number of halogens is 2. The van der Waals surface area contributed by atoms with Crippen LogP contribution in [0, 0.1) is 33.6 Å². The number of nitrogens with zero attached hydrogens (tertiary/aromatic N) is 4. The van der Waals surface area contributed by atoms with Crippen LogP contribution in [0.3, 0.4) is 0 Å². The Bertz CT molecular complexity index is 947. The van der Waals surface area contributed by atoms with Gasteiger partial charge in [0.2, 0.25) is 5.82 Å². The highest BCUT2D eigenvalue weighted by Gasteiger charge is 2.26. The molecule has 0 saturated carbocycles. The number of benzene rings is 1. The second-order valence-corrected chi connectivity index (χ2v) is 5.76. The first-order valence-electron chi connectivity index (χ1n) is 8.06. The largest absolute Gasteiger partial charge is 0.347 e. The van der Waals surface area contributed by atoms with Gasteiger partial charge in [-0.25, -0.2) is 13.8 Å². The zero-order valence-electron chi connectivity index (χ0n) is 14.1. The second-order valence-electron chi connectivity index (χ2n) is 5.76. The molecule has 2 aromatic rings. The van der Waals surface area contributed by atoms with Crippen LogP contribution in [0.25, 0.3) is 0 Å². The van der Waals surface area contributed by atoms with Crippen molar-refractivity contribution in [3.05, 3.63) is 63.8 Å². The molecule has 1 saturated heterocycles. The highest BCUT2D eigenvalue weighted by Crippen LogP contribution is 2.25. The number of nitro groups is 1. The Morgan fingerprint density at radius 2 is 1.93 bits per heavy atom. The molecule has 9 heteroatoms. The molecule has 0 N–H and O–H groups in total. The standard InChI is InChI=1S/C18H14F2N4O3/c19-14-4-5-15(20)13(12-14)3-6-17(25)22-8-10-23(11-9-22)18-16(24(26)27)2-1-7-21-18/h1-2,4-5,7,12H,8-11H2. The van der Waals surface area contributed by atoms with E-state index in [9.17, 15) is 23.7 Å². The second kappa shape index (κ2) is 7.78. The van der Waals surface area contributed by atoms with Crippen LogP contribution in [0.4, 0.5) is 20.3 Å². The molecule has 3 rings (SSSR count). The summed E-state index contributed by atoms with van der Waals surface area (Å²) in [6.45, 7) is 1.26. The lowest BCUT2D eigenvalue weighted by molar-refractivity contribution is -0.384. The average molecular weight is 372 g/mol. The van der Waals surface area contributed by atoms with Crippen molar-refractivity contribution in [2.45, 2.75) is 0 Å². The fraction of sp³-hybridized carbons (Fsp3) is 0.222. The molecule has 0 atom stereocenters. The Morgan fingerprint density at radius 1 is 1.19 bits per heavy atom.